The predicted molar refractivity (Wildman–Crippen MR) is 81.4 cm³/mol. The van der Waals surface area contributed by atoms with Crippen molar-refractivity contribution in [2.24, 2.45) is 5.92 Å². The lowest BCUT2D eigenvalue weighted by Crippen LogP contribution is -2.31. The third kappa shape index (κ3) is 3.94. The van der Waals surface area contributed by atoms with Crippen LogP contribution in [0, 0.1) is 12.8 Å². The zero-order chi connectivity index (χ0) is 15.2. The van der Waals surface area contributed by atoms with E-state index in [1.807, 2.05) is 0 Å². The van der Waals surface area contributed by atoms with E-state index in [0.717, 1.165) is 18.7 Å². The number of nitrogens with zero attached hydrogens (tertiary/aromatic N) is 1. The van der Waals surface area contributed by atoms with E-state index in [9.17, 15) is 9.90 Å². The topological polar surface area (TPSA) is 71.5 Å². The number of esters is 1. The number of aliphatic hydroxyl groups is 1. The van der Waals surface area contributed by atoms with Crippen LogP contribution in [0.15, 0.2) is 12.1 Å². The number of anilines is 1. The van der Waals surface area contributed by atoms with Crippen LogP contribution in [-0.2, 0) is 4.74 Å². The monoisotopic (exact) mass is 292 g/mol. The van der Waals surface area contributed by atoms with Gasteiger partial charge in [-0.1, -0.05) is 19.3 Å². The molecule has 1 saturated carbocycles. The van der Waals surface area contributed by atoms with Gasteiger partial charge in [0.1, 0.15) is 5.82 Å². The van der Waals surface area contributed by atoms with Crippen LogP contribution in [0.5, 0.6) is 0 Å². The minimum absolute atomic E-state index is 0.205. The Balaban J connectivity index is 2.11. The summed E-state index contributed by atoms with van der Waals surface area (Å²) in [6, 6.07) is 3.79. The average molecular weight is 292 g/mol. The molecule has 2 atom stereocenters. The number of hydrogen-bond acceptors (Lipinski definition) is 5. The highest BCUT2D eigenvalue weighted by Crippen LogP contribution is 2.26. The first-order chi connectivity index (χ1) is 10.2. The van der Waals surface area contributed by atoms with Gasteiger partial charge in [-0.3, -0.25) is 0 Å². The summed E-state index contributed by atoms with van der Waals surface area (Å²) < 4.78 is 4.73. The van der Waals surface area contributed by atoms with Crippen molar-refractivity contribution in [3.05, 3.63) is 23.4 Å². The second-order valence-electron chi connectivity index (χ2n) is 5.65. The van der Waals surface area contributed by atoms with Gasteiger partial charge in [0.05, 0.1) is 18.4 Å². The molecule has 1 aliphatic rings. The minimum Gasteiger partial charge on any atom is -0.465 e. The Kier molecular flexibility index (Phi) is 5.56. The summed E-state index contributed by atoms with van der Waals surface area (Å²) in [4.78, 5) is 16.0. The number of aromatic nitrogens is 1. The fraction of sp³-hybridized carbons (Fsp3) is 0.625. The molecule has 1 aromatic heterocycles. The van der Waals surface area contributed by atoms with E-state index in [1.165, 1.54) is 26.4 Å². The molecule has 2 N–H and O–H groups in total. The fourth-order valence-electron chi connectivity index (χ4n) is 2.95. The lowest BCUT2D eigenvalue weighted by molar-refractivity contribution is 0.0599. The molecule has 0 amide bonds. The molecule has 0 bridgehead atoms. The predicted octanol–water partition coefficient (Wildman–Crippen LogP) is 2.53. The van der Waals surface area contributed by atoms with Gasteiger partial charge in [0, 0.05) is 18.6 Å². The summed E-state index contributed by atoms with van der Waals surface area (Å²) >= 11 is 0. The number of carbonyl (C=O) groups excluding carboxylic acids is 1. The zero-order valence-electron chi connectivity index (χ0n) is 12.8. The SMILES string of the molecule is COC(=O)c1ccc(NC2CCCCCC2CO)nc1C. The number of aliphatic hydroxyl groups excluding tert-OH is 1. The van der Waals surface area contributed by atoms with Gasteiger partial charge in [0.2, 0.25) is 0 Å². The molecule has 1 heterocycles. The highest BCUT2D eigenvalue weighted by atomic mass is 16.5. The van der Waals surface area contributed by atoms with Gasteiger partial charge in [-0.25, -0.2) is 9.78 Å². The first-order valence-electron chi connectivity index (χ1n) is 7.59. The molecule has 2 rings (SSSR count). The van der Waals surface area contributed by atoms with Crippen LogP contribution in [0.3, 0.4) is 0 Å². The molecule has 21 heavy (non-hydrogen) atoms. The third-order valence-electron chi connectivity index (χ3n) is 4.22. The number of hydrogen-bond donors (Lipinski definition) is 2. The maximum Gasteiger partial charge on any atom is 0.339 e. The number of nitrogens with one attached hydrogen (secondary N) is 1. The van der Waals surface area contributed by atoms with Crippen LogP contribution in [-0.4, -0.2) is 35.8 Å². The van der Waals surface area contributed by atoms with Crippen LogP contribution in [0.25, 0.3) is 0 Å². The zero-order valence-corrected chi connectivity index (χ0v) is 12.8. The molecule has 2 unspecified atom stereocenters. The number of carbonyl (C=O) groups is 1. The summed E-state index contributed by atoms with van der Waals surface area (Å²) in [7, 11) is 1.37. The van der Waals surface area contributed by atoms with Crippen LogP contribution >= 0.6 is 0 Å². The van der Waals surface area contributed by atoms with Gasteiger partial charge in [0.25, 0.3) is 0 Å². The first-order valence-corrected chi connectivity index (χ1v) is 7.59. The number of pyridine rings is 1. The van der Waals surface area contributed by atoms with Gasteiger partial charge < -0.3 is 15.2 Å². The summed E-state index contributed by atoms with van der Waals surface area (Å²) in [6.45, 7) is 2.00. The molecular formula is C16H24N2O3. The fourth-order valence-corrected chi connectivity index (χ4v) is 2.95. The number of methoxy groups -OCH3 is 1. The van der Waals surface area contributed by atoms with Gasteiger partial charge >= 0.3 is 5.97 Å². The van der Waals surface area contributed by atoms with Gasteiger partial charge in [-0.05, 0) is 31.9 Å². The quantitative estimate of drug-likeness (QED) is 0.659. The van der Waals surface area contributed by atoms with E-state index >= 15 is 0 Å². The molecule has 5 nitrogen and oxygen atoms in total. The van der Waals surface area contributed by atoms with Crippen LogP contribution in [0.4, 0.5) is 5.82 Å². The van der Waals surface area contributed by atoms with E-state index in [0.29, 0.717) is 11.3 Å². The Bertz CT molecular complexity index is 490. The van der Waals surface area contributed by atoms with E-state index < -0.39 is 0 Å². The van der Waals surface area contributed by atoms with E-state index in [1.54, 1.807) is 19.1 Å². The van der Waals surface area contributed by atoms with Crippen molar-refractivity contribution in [3.63, 3.8) is 0 Å². The second kappa shape index (κ2) is 7.41. The van der Waals surface area contributed by atoms with Crippen molar-refractivity contribution in [1.29, 1.82) is 0 Å². The van der Waals surface area contributed by atoms with Crippen molar-refractivity contribution in [3.8, 4) is 0 Å². The van der Waals surface area contributed by atoms with E-state index in [2.05, 4.69) is 10.3 Å². The molecule has 0 aliphatic heterocycles. The van der Waals surface area contributed by atoms with Crippen LogP contribution in [0.1, 0.15) is 48.2 Å². The van der Waals surface area contributed by atoms with Gasteiger partial charge in [-0.15, -0.1) is 0 Å². The molecule has 0 saturated heterocycles. The van der Waals surface area contributed by atoms with Crippen LogP contribution < -0.4 is 5.32 Å². The van der Waals surface area contributed by atoms with Crippen molar-refractivity contribution in [1.82, 2.24) is 4.98 Å². The third-order valence-corrected chi connectivity index (χ3v) is 4.22. The first kappa shape index (κ1) is 15.8. The Morgan fingerprint density at radius 3 is 2.81 bits per heavy atom. The minimum atomic E-state index is -0.366. The second-order valence-corrected chi connectivity index (χ2v) is 5.65. The Hall–Kier alpha value is -1.62. The lowest BCUT2D eigenvalue weighted by Gasteiger charge is -2.25. The molecule has 5 heteroatoms. The molecule has 1 aromatic rings. The lowest BCUT2D eigenvalue weighted by atomic mass is 9.95. The molecule has 1 fully saturated rings. The normalized spacial score (nSPS) is 22.4. The summed E-state index contributed by atoms with van der Waals surface area (Å²) in [5.74, 6) is 0.662. The van der Waals surface area contributed by atoms with E-state index in [4.69, 9.17) is 4.74 Å². The Labute approximate surface area is 125 Å². The standard InChI is InChI=1S/C16H24N2O3/c1-11-13(16(20)21-2)8-9-15(17-11)18-14-7-5-3-4-6-12(14)10-19/h8-9,12,14,19H,3-7,10H2,1-2H3,(H,17,18). The Morgan fingerprint density at radius 2 is 2.14 bits per heavy atom. The largest absolute Gasteiger partial charge is 0.465 e. The molecule has 0 spiro atoms. The maximum atomic E-state index is 11.6. The molecular weight excluding hydrogens is 268 g/mol. The van der Waals surface area contributed by atoms with Crippen molar-refractivity contribution in [2.45, 2.75) is 45.1 Å². The van der Waals surface area contributed by atoms with Gasteiger partial charge in [0.15, 0.2) is 0 Å². The smallest absolute Gasteiger partial charge is 0.339 e. The van der Waals surface area contributed by atoms with Gasteiger partial charge in [-0.2, -0.15) is 0 Å². The van der Waals surface area contributed by atoms with Crippen molar-refractivity contribution in [2.75, 3.05) is 19.0 Å². The molecule has 1 aliphatic carbocycles. The van der Waals surface area contributed by atoms with Crippen molar-refractivity contribution < 1.29 is 14.6 Å². The highest BCUT2D eigenvalue weighted by Gasteiger charge is 2.23. The number of rotatable bonds is 4. The average Bonchev–Trinajstić information content (AvgIpc) is 2.71. The van der Waals surface area contributed by atoms with Crippen LogP contribution in [0.2, 0.25) is 0 Å². The molecule has 0 radical (unpaired) electrons. The summed E-state index contributed by atoms with van der Waals surface area (Å²) in [5, 5.41) is 13.0. The molecule has 0 aromatic carbocycles. The summed E-state index contributed by atoms with van der Waals surface area (Å²) in [6.07, 6.45) is 5.67. The number of aryl methyl sites for hydroxylation is 1. The Morgan fingerprint density at radius 1 is 1.38 bits per heavy atom. The van der Waals surface area contributed by atoms with Crippen molar-refractivity contribution >= 4 is 11.8 Å². The molecule has 116 valence electrons. The van der Waals surface area contributed by atoms with E-state index in [-0.39, 0.29) is 24.5 Å². The summed E-state index contributed by atoms with van der Waals surface area (Å²) in [5.41, 5.74) is 1.14. The highest BCUT2D eigenvalue weighted by molar-refractivity contribution is 5.90. The number of ether oxygens (including phenoxy) is 1. The maximum absolute atomic E-state index is 11.6.